The molecule has 1 atom stereocenters. The number of rotatable bonds is 5. The molecule has 1 amide bonds. The van der Waals surface area contributed by atoms with Crippen molar-refractivity contribution in [1.29, 1.82) is 0 Å². The summed E-state index contributed by atoms with van der Waals surface area (Å²) < 4.78 is 28.3. The molecule has 1 aliphatic heterocycles. The molecule has 2 N–H and O–H groups in total. The summed E-state index contributed by atoms with van der Waals surface area (Å²) >= 11 is 0. The van der Waals surface area contributed by atoms with Gasteiger partial charge < -0.3 is 10.6 Å². The molecule has 3 rings (SSSR count). The molecule has 1 heterocycles. The second-order valence-corrected chi connectivity index (χ2v) is 8.13. The van der Waals surface area contributed by atoms with Gasteiger partial charge in [0.05, 0.1) is 5.69 Å². The van der Waals surface area contributed by atoms with Gasteiger partial charge in [0, 0.05) is 18.5 Å². The molecule has 26 heavy (non-hydrogen) atoms. The summed E-state index contributed by atoms with van der Waals surface area (Å²) in [5, 5.41) is 5.90. The van der Waals surface area contributed by atoms with E-state index in [-0.39, 0.29) is 23.1 Å². The van der Waals surface area contributed by atoms with Crippen molar-refractivity contribution in [3.8, 4) is 0 Å². The highest BCUT2D eigenvalue weighted by atomic mass is 32.2. The largest absolute Gasteiger partial charge is 0.342 e. The fourth-order valence-corrected chi connectivity index (χ4v) is 3.98. The maximum absolute atomic E-state index is 12.2. The number of para-hydroxylation sites is 1. The van der Waals surface area contributed by atoms with Crippen molar-refractivity contribution >= 4 is 33.1 Å². The molecule has 0 saturated heterocycles. The zero-order valence-electron chi connectivity index (χ0n) is 14.7. The molecule has 2 aromatic carbocycles. The maximum Gasteiger partial charge on any atom is 0.286 e. The highest BCUT2D eigenvalue weighted by molar-refractivity contribution is 7.90. The molecule has 136 valence electrons. The summed E-state index contributed by atoms with van der Waals surface area (Å²) in [6.07, 6.45) is 0.644. The lowest BCUT2D eigenvalue weighted by molar-refractivity contribution is -0.116. The number of aryl methyl sites for hydroxylation is 1. The molecule has 0 spiro atoms. The van der Waals surface area contributed by atoms with Crippen molar-refractivity contribution in [3.05, 3.63) is 54.1 Å². The van der Waals surface area contributed by atoms with E-state index in [2.05, 4.69) is 15.0 Å². The van der Waals surface area contributed by atoms with E-state index in [4.69, 9.17) is 0 Å². The number of nitrogens with zero attached hydrogens (tertiary/aromatic N) is 1. The van der Waals surface area contributed by atoms with Crippen LogP contribution in [-0.4, -0.2) is 20.2 Å². The molecule has 7 heteroatoms. The predicted octanol–water partition coefficient (Wildman–Crippen LogP) is 3.56. The monoisotopic (exact) mass is 371 g/mol. The Morgan fingerprint density at radius 1 is 1.15 bits per heavy atom. The molecule has 0 fully saturated rings. The normalized spacial score (nSPS) is 16.0. The van der Waals surface area contributed by atoms with Crippen LogP contribution < -0.4 is 10.6 Å². The number of anilines is 2. The molecule has 0 saturated carbocycles. The van der Waals surface area contributed by atoms with Crippen LogP contribution in [0.15, 0.2) is 57.8 Å². The number of hydrogen-bond donors (Lipinski definition) is 2. The van der Waals surface area contributed by atoms with Gasteiger partial charge in [-0.1, -0.05) is 36.8 Å². The van der Waals surface area contributed by atoms with Gasteiger partial charge in [-0.2, -0.15) is 8.42 Å². The minimum atomic E-state index is -3.69. The number of carbonyl (C=O) groups excluding carboxylic acids is 1. The summed E-state index contributed by atoms with van der Waals surface area (Å²) in [6.45, 7) is 3.88. The first-order valence-electron chi connectivity index (χ1n) is 8.40. The van der Waals surface area contributed by atoms with E-state index in [0.717, 1.165) is 11.3 Å². The minimum absolute atomic E-state index is 0.0628. The van der Waals surface area contributed by atoms with E-state index in [1.165, 1.54) is 6.07 Å². The summed E-state index contributed by atoms with van der Waals surface area (Å²) in [4.78, 5) is 12.4. The van der Waals surface area contributed by atoms with Crippen molar-refractivity contribution in [2.24, 2.45) is 10.3 Å². The molecule has 6 nitrogen and oxygen atoms in total. The summed E-state index contributed by atoms with van der Waals surface area (Å²) in [7, 11) is -3.69. The topological polar surface area (TPSA) is 87.6 Å². The number of nitrogens with one attached hydrogen (secondary N) is 2. The quantitative estimate of drug-likeness (QED) is 0.841. The van der Waals surface area contributed by atoms with Gasteiger partial charge in [-0.15, -0.1) is 4.40 Å². The van der Waals surface area contributed by atoms with Crippen LogP contribution in [0.25, 0.3) is 0 Å². The number of amidine groups is 1. The third kappa shape index (κ3) is 4.29. The molecule has 0 unspecified atom stereocenters. The van der Waals surface area contributed by atoms with Crippen molar-refractivity contribution in [1.82, 2.24) is 0 Å². The molecular weight excluding hydrogens is 350 g/mol. The van der Waals surface area contributed by atoms with Gasteiger partial charge in [-0.05, 0) is 37.1 Å². The van der Waals surface area contributed by atoms with Gasteiger partial charge in [0.1, 0.15) is 10.7 Å². The Morgan fingerprint density at radius 3 is 2.58 bits per heavy atom. The predicted molar refractivity (Wildman–Crippen MR) is 103 cm³/mol. The van der Waals surface area contributed by atoms with E-state index in [9.17, 15) is 13.2 Å². The molecule has 0 aliphatic carbocycles. The summed E-state index contributed by atoms with van der Waals surface area (Å²) in [5.74, 6) is 0.188. The molecular formula is C19H21N3O3S. The van der Waals surface area contributed by atoms with Crippen LogP contribution in [0.3, 0.4) is 0 Å². The lowest BCUT2D eigenvalue weighted by Crippen LogP contribution is -2.25. The zero-order valence-corrected chi connectivity index (χ0v) is 15.5. The SMILES string of the molecule is Cc1ccc(NC(=O)C[C@@H](C)CC2=NS(=O)(=O)c3ccccc3N2)cc1. The van der Waals surface area contributed by atoms with Crippen LogP contribution >= 0.6 is 0 Å². The van der Waals surface area contributed by atoms with Gasteiger partial charge in [-0.3, -0.25) is 4.79 Å². The number of sulfonamides is 1. The number of fused-ring (bicyclic) bond motifs is 1. The highest BCUT2D eigenvalue weighted by Crippen LogP contribution is 2.28. The third-order valence-corrected chi connectivity index (χ3v) is 5.46. The molecule has 2 aromatic rings. The number of hydrogen-bond acceptors (Lipinski definition) is 4. The van der Waals surface area contributed by atoms with Gasteiger partial charge in [0.15, 0.2) is 0 Å². The standard InChI is InChI=1S/C19H21N3O3S/c1-13-7-9-15(10-8-13)20-19(23)12-14(2)11-18-21-16-5-3-4-6-17(16)26(24,25)22-18/h3-10,14H,11-12H2,1-2H3,(H,20,23)(H,21,22)/t14-/m0/s1. The summed E-state index contributed by atoms with van der Waals surface area (Å²) in [5.41, 5.74) is 2.39. The van der Waals surface area contributed by atoms with Crippen molar-refractivity contribution < 1.29 is 13.2 Å². The van der Waals surface area contributed by atoms with Crippen LogP contribution in [0.1, 0.15) is 25.3 Å². The van der Waals surface area contributed by atoms with E-state index < -0.39 is 10.0 Å². The average molecular weight is 371 g/mol. The third-order valence-electron chi connectivity index (χ3n) is 4.09. The minimum Gasteiger partial charge on any atom is -0.342 e. The zero-order chi connectivity index (χ0) is 18.7. The Labute approximate surface area is 153 Å². The Hall–Kier alpha value is -2.67. The fourth-order valence-electron chi connectivity index (χ4n) is 2.82. The van der Waals surface area contributed by atoms with Crippen LogP contribution in [-0.2, 0) is 14.8 Å². The van der Waals surface area contributed by atoms with E-state index in [1.54, 1.807) is 18.2 Å². The van der Waals surface area contributed by atoms with Gasteiger partial charge in [-0.25, -0.2) is 0 Å². The Balaban J connectivity index is 1.61. The Kier molecular flexibility index (Phi) is 5.08. The number of amides is 1. The molecule has 0 radical (unpaired) electrons. The smallest absolute Gasteiger partial charge is 0.286 e. The van der Waals surface area contributed by atoms with Crippen LogP contribution in [0.2, 0.25) is 0 Å². The van der Waals surface area contributed by atoms with Crippen LogP contribution in [0, 0.1) is 12.8 Å². The second-order valence-electron chi connectivity index (χ2n) is 6.56. The first-order chi connectivity index (χ1) is 12.3. The van der Waals surface area contributed by atoms with E-state index in [0.29, 0.717) is 17.9 Å². The molecule has 0 aromatic heterocycles. The number of benzene rings is 2. The molecule has 0 bridgehead atoms. The van der Waals surface area contributed by atoms with Crippen LogP contribution in [0.4, 0.5) is 11.4 Å². The number of carbonyl (C=O) groups is 1. The van der Waals surface area contributed by atoms with E-state index in [1.807, 2.05) is 38.1 Å². The summed E-state index contributed by atoms with van der Waals surface area (Å²) in [6, 6.07) is 14.2. The highest BCUT2D eigenvalue weighted by Gasteiger charge is 2.25. The lowest BCUT2D eigenvalue weighted by Gasteiger charge is -2.20. The van der Waals surface area contributed by atoms with Gasteiger partial charge in [0.25, 0.3) is 10.0 Å². The van der Waals surface area contributed by atoms with Crippen molar-refractivity contribution in [2.45, 2.75) is 31.6 Å². The van der Waals surface area contributed by atoms with Crippen molar-refractivity contribution in [3.63, 3.8) is 0 Å². The Morgan fingerprint density at radius 2 is 1.85 bits per heavy atom. The first kappa shape index (κ1) is 18.1. The van der Waals surface area contributed by atoms with E-state index >= 15 is 0 Å². The van der Waals surface area contributed by atoms with Crippen LogP contribution in [0.5, 0.6) is 0 Å². The first-order valence-corrected chi connectivity index (χ1v) is 9.84. The molecule has 1 aliphatic rings. The second kappa shape index (κ2) is 7.29. The fraction of sp³-hybridized carbons (Fsp3) is 0.263. The van der Waals surface area contributed by atoms with Gasteiger partial charge in [0.2, 0.25) is 5.91 Å². The lowest BCUT2D eigenvalue weighted by atomic mass is 10.0. The van der Waals surface area contributed by atoms with Gasteiger partial charge >= 0.3 is 0 Å². The maximum atomic E-state index is 12.2. The van der Waals surface area contributed by atoms with Crippen molar-refractivity contribution in [2.75, 3.05) is 10.6 Å². The Bertz CT molecular complexity index is 950. The average Bonchev–Trinajstić information content (AvgIpc) is 2.56.